The second kappa shape index (κ2) is 4.84. The molecule has 92 valence electrons. The van der Waals surface area contributed by atoms with E-state index in [1.54, 1.807) is 0 Å². The van der Waals surface area contributed by atoms with Gasteiger partial charge in [-0.2, -0.15) is 0 Å². The molecule has 16 heavy (non-hydrogen) atoms. The first-order valence-corrected chi connectivity index (χ1v) is 6.38. The summed E-state index contributed by atoms with van der Waals surface area (Å²) in [7, 11) is 2.14. The highest BCUT2D eigenvalue weighted by Crippen LogP contribution is 2.38. The third-order valence-corrected chi connectivity index (χ3v) is 4.15. The second-order valence-corrected chi connectivity index (χ2v) is 5.76. The van der Waals surface area contributed by atoms with E-state index in [0.29, 0.717) is 0 Å². The Morgan fingerprint density at radius 1 is 1.44 bits per heavy atom. The van der Waals surface area contributed by atoms with Gasteiger partial charge in [-0.25, -0.2) is 0 Å². The summed E-state index contributed by atoms with van der Waals surface area (Å²) < 4.78 is 5.34. The predicted molar refractivity (Wildman–Crippen MR) is 63.3 cm³/mol. The van der Waals surface area contributed by atoms with Gasteiger partial charge in [-0.15, -0.1) is 0 Å². The maximum absolute atomic E-state index is 11.3. The minimum atomic E-state index is -0.134. The molecule has 0 radical (unpaired) electrons. The van der Waals surface area contributed by atoms with Crippen LogP contribution < -0.4 is 0 Å². The summed E-state index contributed by atoms with van der Waals surface area (Å²) in [5.41, 5.74) is -0.134. The summed E-state index contributed by atoms with van der Waals surface area (Å²) >= 11 is 0. The van der Waals surface area contributed by atoms with Gasteiger partial charge in [0.05, 0.1) is 0 Å². The maximum atomic E-state index is 11.3. The Hall–Kier alpha value is -0.410. The monoisotopic (exact) mass is 225 g/mol. The fraction of sp³-hybridized carbons (Fsp3) is 0.923. The van der Waals surface area contributed by atoms with Crippen molar-refractivity contribution in [3.05, 3.63) is 0 Å². The quantitative estimate of drug-likeness (QED) is 0.665. The number of aldehydes is 1. The van der Waals surface area contributed by atoms with E-state index >= 15 is 0 Å². The topological polar surface area (TPSA) is 29.5 Å². The zero-order valence-corrected chi connectivity index (χ0v) is 10.4. The molecule has 3 heteroatoms. The lowest BCUT2D eigenvalue weighted by Crippen LogP contribution is -2.41. The Labute approximate surface area is 98.1 Å². The Kier molecular flexibility index (Phi) is 3.65. The van der Waals surface area contributed by atoms with Crippen molar-refractivity contribution in [1.82, 2.24) is 4.90 Å². The van der Waals surface area contributed by atoms with E-state index in [2.05, 4.69) is 18.9 Å². The normalized spacial score (nSPS) is 32.7. The molecule has 1 heterocycles. The largest absolute Gasteiger partial charge is 0.381 e. The molecule has 0 spiro atoms. The molecular formula is C13H23NO2. The highest BCUT2D eigenvalue weighted by Gasteiger charge is 2.37. The van der Waals surface area contributed by atoms with Crippen molar-refractivity contribution in [2.75, 3.05) is 33.4 Å². The molecule has 0 aromatic carbocycles. The lowest BCUT2D eigenvalue weighted by atomic mass is 9.81. The summed E-state index contributed by atoms with van der Waals surface area (Å²) in [4.78, 5) is 13.6. The van der Waals surface area contributed by atoms with Gasteiger partial charge in [0.1, 0.15) is 6.29 Å². The van der Waals surface area contributed by atoms with Crippen molar-refractivity contribution < 1.29 is 9.53 Å². The van der Waals surface area contributed by atoms with Gasteiger partial charge in [0, 0.05) is 31.7 Å². The van der Waals surface area contributed by atoms with Crippen molar-refractivity contribution in [2.45, 2.75) is 26.2 Å². The molecule has 1 aliphatic heterocycles. The standard InChI is InChI=1S/C13H23NO2/c1-11-7-12(11)8-14(2)9-13(10-15)3-5-16-6-4-13/h10-12H,3-9H2,1-2H3. The first-order chi connectivity index (χ1) is 7.65. The number of carbonyl (C=O) groups is 1. The van der Waals surface area contributed by atoms with Crippen LogP contribution in [0, 0.1) is 17.3 Å². The van der Waals surface area contributed by atoms with Crippen LogP contribution >= 0.6 is 0 Å². The van der Waals surface area contributed by atoms with Gasteiger partial charge in [0.25, 0.3) is 0 Å². The minimum Gasteiger partial charge on any atom is -0.381 e. The summed E-state index contributed by atoms with van der Waals surface area (Å²) in [6.07, 6.45) is 4.31. The third-order valence-electron chi connectivity index (χ3n) is 4.15. The van der Waals surface area contributed by atoms with E-state index in [9.17, 15) is 4.79 Å². The highest BCUT2D eigenvalue weighted by molar-refractivity contribution is 5.60. The van der Waals surface area contributed by atoms with Crippen LogP contribution in [0.4, 0.5) is 0 Å². The molecule has 2 aliphatic rings. The van der Waals surface area contributed by atoms with Gasteiger partial charge < -0.3 is 14.4 Å². The lowest BCUT2D eigenvalue weighted by Gasteiger charge is -2.35. The number of ether oxygens (including phenoxy) is 1. The molecule has 0 aromatic heterocycles. The Balaban J connectivity index is 1.82. The Morgan fingerprint density at radius 2 is 2.06 bits per heavy atom. The SMILES string of the molecule is CC1CC1CN(C)CC1(C=O)CCOCC1. The zero-order chi connectivity index (χ0) is 11.6. The number of hydrogen-bond donors (Lipinski definition) is 0. The van der Waals surface area contributed by atoms with Gasteiger partial charge in [-0.3, -0.25) is 0 Å². The van der Waals surface area contributed by atoms with E-state index in [-0.39, 0.29) is 5.41 Å². The predicted octanol–water partition coefficient (Wildman–Crippen LogP) is 1.57. The van der Waals surface area contributed by atoms with Crippen molar-refractivity contribution in [3.8, 4) is 0 Å². The average Bonchev–Trinajstić information content (AvgIpc) is 2.95. The molecule has 2 fully saturated rings. The molecule has 0 bridgehead atoms. The molecule has 1 saturated carbocycles. The van der Waals surface area contributed by atoms with Crippen molar-refractivity contribution in [2.24, 2.45) is 17.3 Å². The summed E-state index contributed by atoms with van der Waals surface area (Å²) in [6.45, 7) is 5.85. The van der Waals surface area contributed by atoms with Gasteiger partial charge in [-0.05, 0) is 38.1 Å². The highest BCUT2D eigenvalue weighted by atomic mass is 16.5. The molecule has 0 N–H and O–H groups in total. The van der Waals surface area contributed by atoms with Crippen LogP contribution in [0.25, 0.3) is 0 Å². The molecule has 1 saturated heterocycles. The van der Waals surface area contributed by atoms with Gasteiger partial charge >= 0.3 is 0 Å². The molecule has 2 atom stereocenters. The zero-order valence-electron chi connectivity index (χ0n) is 10.4. The lowest BCUT2D eigenvalue weighted by molar-refractivity contribution is -0.122. The molecule has 2 unspecified atom stereocenters. The molecule has 0 amide bonds. The number of rotatable bonds is 5. The van der Waals surface area contributed by atoms with E-state index in [0.717, 1.165) is 51.0 Å². The minimum absolute atomic E-state index is 0.134. The van der Waals surface area contributed by atoms with Crippen molar-refractivity contribution in [3.63, 3.8) is 0 Å². The van der Waals surface area contributed by atoms with E-state index in [4.69, 9.17) is 4.74 Å². The van der Waals surface area contributed by atoms with Crippen LogP contribution in [0.5, 0.6) is 0 Å². The van der Waals surface area contributed by atoms with Crippen LogP contribution in [0.15, 0.2) is 0 Å². The van der Waals surface area contributed by atoms with Crippen LogP contribution in [0.1, 0.15) is 26.2 Å². The van der Waals surface area contributed by atoms with Crippen LogP contribution in [-0.2, 0) is 9.53 Å². The maximum Gasteiger partial charge on any atom is 0.127 e. The molecule has 2 rings (SSSR count). The molecule has 1 aliphatic carbocycles. The van der Waals surface area contributed by atoms with Crippen LogP contribution in [0.3, 0.4) is 0 Å². The Bertz CT molecular complexity index is 248. The summed E-state index contributed by atoms with van der Waals surface area (Å²) in [5, 5.41) is 0. The summed E-state index contributed by atoms with van der Waals surface area (Å²) in [5.74, 6) is 1.76. The number of hydrogen-bond acceptors (Lipinski definition) is 3. The molecular weight excluding hydrogens is 202 g/mol. The Morgan fingerprint density at radius 3 is 2.56 bits per heavy atom. The molecule has 0 aromatic rings. The van der Waals surface area contributed by atoms with Crippen molar-refractivity contribution in [1.29, 1.82) is 0 Å². The smallest absolute Gasteiger partial charge is 0.127 e. The fourth-order valence-electron chi connectivity index (χ4n) is 2.75. The number of carbonyl (C=O) groups excluding carboxylic acids is 1. The third kappa shape index (κ3) is 2.83. The van der Waals surface area contributed by atoms with Crippen LogP contribution in [0.2, 0.25) is 0 Å². The van der Waals surface area contributed by atoms with Gasteiger partial charge in [0.15, 0.2) is 0 Å². The van der Waals surface area contributed by atoms with Crippen molar-refractivity contribution >= 4 is 6.29 Å². The first-order valence-electron chi connectivity index (χ1n) is 6.38. The summed E-state index contributed by atoms with van der Waals surface area (Å²) in [6, 6.07) is 0. The first kappa shape index (κ1) is 12.1. The van der Waals surface area contributed by atoms with Crippen LogP contribution in [-0.4, -0.2) is 44.5 Å². The van der Waals surface area contributed by atoms with E-state index in [1.807, 2.05) is 0 Å². The number of nitrogens with zero attached hydrogens (tertiary/aromatic N) is 1. The fourth-order valence-corrected chi connectivity index (χ4v) is 2.75. The molecule has 3 nitrogen and oxygen atoms in total. The van der Waals surface area contributed by atoms with E-state index < -0.39 is 0 Å². The van der Waals surface area contributed by atoms with Gasteiger partial charge in [0.2, 0.25) is 0 Å². The second-order valence-electron chi connectivity index (χ2n) is 5.76. The van der Waals surface area contributed by atoms with E-state index in [1.165, 1.54) is 12.7 Å². The average molecular weight is 225 g/mol. The van der Waals surface area contributed by atoms with Gasteiger partial charge in [-0.1, -0.05) is 6.92 Å².